The minimum Gasteiger partial charge on any atom is -0.391 e. The van der Waals surface area contributed by atoms with Crippen molar-refractivity contribution in [2.75, 3.05) is 0 Å². The van der Waals surface area contributed by atoms with Crippen LogP contribution in [-0.2, 0) is 6.13 Å². The maximum Gasteiger partial charge on any atom is 0.124 e. The highest BCUT2D eigenvalue weighted by atomic mass is 127. The third-order valence-corrected chi connectivity index (χ3v) is 2.93. The Kier molecular flexibility index (Phi) is 7.44. The average Bonchev–Trinajstić information content (AvgIpc) is 2.03. The molecule has 0 aliphatic heterocycles. The predicted octanol–water partition coefficient (Wildman–Crippen LogP) is 1.22. The van der Waals surface area contributed by atoms with E-state index in [2.05, 4.69) is 0 Å². The van der Waals surface area contributed by atoms with Crippen LogP contribution >= 0.6 is 46.0 Å². The Balaban J connectivity index is 4.10. The van der Waals surface area contributed by atoms with Gasteiger partial charge in [-0.3, -0.25) is 0 Å². The van der Waals surface area contributed by atoms with Gasteiger partial charge in [-0.25, -0.2) is 0 Å². The van der Waals surface area contributed by atoms with Crippen molar-refractivity contribution >= 4 is 46.0 Å². The van der Waals surface area contributed by atoms with E-state index in [0.29, 0.717) is 0 Å². The second-order valence-electron chi connectivity index (χ2n) is 2.58. The van der Waals surface area contributed by atoms with Crippen LogP contribution in [0, 0.1) is 0 Å². The van der Waals surface area contributed by atoms with Crippen molar-refractivity contribution in [2.45, 2.75) is 38.3 Å². The third-order valence-electron chi connectivity index (χ3n) is 1.54. The molecule has 12 heavy (non-hydrogen) atoms. The molecule has 0 fully saturated rings. The van der Waals surface area contributed by atoms with Gasteiger partial charge >= 0.3 is 0 Å². The molecule has 74 valence electrons. The molecule has 0 saturated heterocycles. The highest BCUT2D eigenvalue weighted by molar-refractivity contribution is 14.1. The van der Waals surface area contributed by atoms with Gasteiger partial charge in [-0.1, -0.05) is 0 Å². The van der Waals surface area contributed by atoms with Crippen molar-refractivity contribution < 1.29 is 16.3 Å². The first-order valence-corrected chi connectivity index (χ1v) is 5.21. The summed E-state index contributed by atoms with van der Waals surface area (Å²) in [5.74, 6) is 0. The summed E-state index contributed by atoms with van der Waals surface area (Å²) in [7, 11) is 0. The molecule has 0 aliphatic rings. The van der Waals surface area contributed by atoms with Crippen LogP contribution in [-0.4, -0.2) is 34.6 Å². The predicted molar refractivity (Wildman–Crippen MR) is 61.1 cm³/mol. The summed E-state index contributed by atoms with van der Waals surface area (Å²) < 4.78 is 9.75. The van der Waals surface area contributed by atoms with Crippen molar-refractivity contribution in [3.8, 4) is 0 Å². The first kappa shape index (κ1) is 13.3. The summed E-state index contributed by atoms with van der Waals surface area (Å²) in [6.07, 6.45) is -2.51. The van der Waals surface area contributed by atoms with Gasteiger partial charge in [-0.05, 0) is 13.8 Å². The number of hydrogen-bond donors (Lipinski definition) is 2. The van der Waals surface area contributed by atoms with Gasteiger partial charge in [0.25, 0.3) is 0 Å². The molecule has 4 nitrogen and oxygen atoms in total. The molecule has 0 saturated carbocycles. The Morgan fingerprint density at radius 1 is 1.08 bits per heavy atom. The molecule has 0 aromatic rings. The van der Waals surface area contributed by atoms with E-state index in [9.17, 15) is 10.2 Å². The van der Waals surface area contributed by atoms with Crippen LogP contribution in [0.2, 0.25) is 0 Å². The molecule has 0 aromatic heterocycles. The molecule has 0 aromatic carbocycles. The monoisotopic (exact) mass is 402 g/mol. The largest absolute Gasteiger partial charge is 0.391 e. The van der Waals surface area contributed by atoms with Gasteiger partial charge in [0.1, 0.15) is 58.2 Å². The normalized spacial score (nSPS) is 21.5. The van der Waals surface area contributed by atoms with Crippen molar-refractivity contribution in [3.05, 3.63) is 0 Å². The number of halogens is 2. The summed E-state index contributed by atoms with van der Waals surface area (Å²) in [6.45, 7) is 3.27. The van der Waals surface area contributed by atoms with Gasteiger partial charge in [0, 0.05) is 0 Å². The second kappa shape index (κ2) is 6.71. The van der Waals surface area contributed by atoms with Crippen molar-refractivity contribution in [3.63, 3.8) is 0 Å². The molecule has 0 amide bonds. The van der Waals surface area contributed by atoms with Gasteiger partial charge in [-0.2, -0.15) is 0 Å². The summed E-state index contributed by atoms with van der Waals surface area (Å²) in [5.41, 5.74) is 0. The van der Waals surface area contributed by atoms with E-state index in [1.807, 2.05) is 0 Å². The SMILES string of the molecule is CC(O)C(OI)C(O)C(C)OI. The lowest BCUT2D eigenvalue weighted by atomic mass is 10.1. The lowest BCUT2D eigenvalue weighted by Gasteiger charge is -2.25. The maximum absolute atomic E-state index is 9.53. The topological polar surface area (TPSA) is 58.9 Å². The Labute approximate surface area is 100 Å². The van der Waals surface area contributed by atoms with Crippen molar-refractivity contribution in [1.82, 2.24) is 0 Å². The minimum absolute atomic E-state index is 0.361. The zero-order chi connectivity index (χ0) is 9.72. The van der Waals surface area contributed by atoms with Crippen LogP contribution in [0.25, 0.3) is 0 Å². The molecule has 0 rings (SSSR count). The summed E-state index contributed by atoms with van der Waals surface area (Å²) >= 11 is 3.35. The summed E-state index contributed by atoms with van der Waals surface area (Å²) in [5, 5.41) is 18.7. The molecule has 0 bridgehead atoms. The first-order valence-electron chi connectivity index (χ1n) is 3.45. The highest BCUT2D eigenvalue weighted by Gasteiger charge is 2.29. The Morgan fingerprint density at radius 3 is 1.83 bits per heavy atom. The molecule has 4 atom stereocenters. The fourth-order valence-electron chi connectivity index (χ4n) is 0.732. The molecular formula is C6H12I2O4. The minimum atomic E-state index is -0.821. The fourth-order valence-corrected chi connectivity index (χ4v) is 1.76. The molecular weight excluding hydrogens is 390 g/mol. The Morgan fingerprint density at radius 2 is 1.58 bits per heavy atom. The maximum atomic E-state index is 9.53. The van der Waals surface area contributed by atoms with Crippen LogP contribution in [0.1, 0.15) is 13.8 Å². The van der Waals surface area contributed by atoms with Gasteiger partial charge in [0.05, 0.1) is 12.2 Å². The first-order chi connectivity index (χ1) is 5.54. The van der Waals surface area contributed by atoms with Gasteiger partial charge in [0.2, 0.25) is 0 Å². The molecule has 0 heterocycles. The van der Waals surface area contributed by atoms with Crippen LogP contribution in [0.3, 0.4) is 0 Å². The highest BCUT2D eigenvalue weighted by Crippen LogP contribution is 2.15. The van der Waals surface area contributed by atoms with Crippen molar-refractivity contribution in [2.24, 2.45) is 0 Å². The Hall–Kier alpha value is 1.30. The van der Waals surface area contributed by atoms with E-state index < -0.39 is 18.3 Å². The van der Waals surface area contributed by atoms with E-state index in [0.717, 1.165) is 0 Å². The summed E-state index contributed by atoms with van der Waals surface area (Å²) in [4.78, 5) is 0. The Bertz CT molecular complexity index is 122. The molecule has 6 heteroatoms. The molecule has 0 spiro atoms. The molecule has 0 aliphatic carbocycles. The average molecular weight is 402 g/mol. The fraction of sp³-hybridized carbons (Fsp3) is 1.00. The van der Waals surface area contributed by atoms with E-state index >= 15 is 0 Å². The van der Waals surface area contributed by atoms with E-state index in [4.69, 9.17) is 6.13 Å². The van der Waals surface area contributed by atoms with Gasteiger partial charge < -0.3 is 16.3 Å². The quantitative estimate of drug-likeness (QED) is 0.680. The van der Waals surface area contributed by atoms with E-state index in [-0.39, 0.29) is 6.10 Å². The number of rotatable bonds is 5. The van der Waals surface area contributed by atoms with Gasteiger partial charge in [-0.15, -0.1) is 0 Å². The van der Waals surface area contributed by atoms with Crippen LogP contribution in [0.5, 0.6) is 0 Å². The van der Waals surface area contributed by atoms with Crippen LogP contribution in [0.15, 0.2) is 0 Å². The standard InChI is InChI=1S/C6H12I2O4/c1-3(9)6(12-8)5(10)4(2)11-7/h3-6,9-10H,1-2H3. The third kappa shape index (κ3) is 4.01. The lowest BCUT2D eigenvalue weighted by molar-refractivity contribution is -0.0517. The molecule has 4 unspecified atom stereocenters. The van der Waals surface area contributed by atoms with Crippen molar-refractivity contribution in [1.29, 1.82) is 0 Å². The van der Waals surface area contributed by atoms with Crippen LogP contribution in [0.4, 0.5) is 0 Å². The number of aliphatic hydroxyl groups excluding tert-OH is 2. The van der Waals surface area contributed by atoms with Gasteiger partial charge in [0.15, 0.2) is 0 Å². The zero-order valence-electron chi connectivity index (χ0n) is 6.78. The molecule has 2 N–H and O–H groups in total. The second-order valence-corrected chi connectivity index (χ2v) is 3.60. The lowest BCUT2D eigenvalue weighted by Crippen LogP contribution is -2.42. The smallest absolute Gasteiger partial charge is 0.124 e. The van der Waals surface area contributed by atoms with E-state index in [1.54, 1.807) is 59.9 Å². The summed E-state index contributed by atoms with van der Waals surface area (Å²) in [6, 6.07) is 0. The zero-order valence-corrected chi connectivity index (χ0v) is 11.1. The number of hydrogen-bond acceptors (Lipinski definition) is 4. The van der Waals surface area contributed by atoms with Crippen LogP contribution < -0.4 is 0 Å². The van der Waals surface area contributed by atoms with E-state index in [1.165, 1.54) is 0 Å². The molecule has 0 radical (unpaired) electrons. The number of aliphatic hydroxyl groups is 2.